The van der Waals surface area contributed by atoms with Crippen molar-refractivity contribution in [1.29, 1.82) is 0 Å². The van der Waals surface area contributed by atoms with Gasteiger partial charge in [-0.05, 0) is 5.56 Å². The van der Waals surface area contributed by atoms with E-state index in [2.05, 4.69) is 4.72 Å². The number of carbonyl (C=O) groups excluding carboxylic acids is 1. The zero-order valence-corrected chi connectivity index (χ0v) is 8.70. The third-order valence-corrected chi connectivity index (χ3v) is 3.57. The van der Waals surface area contributed by atoms with Crippen molar-refractivity contribution in [2.75, 3.05) is 6.54 Å². The van der Waals surface area contributed by atoms with Crippen LogP contribution < -0.4 is 4.72 Å². The lowest BCUT2D eigenvalue weighted by atomic mass is 10.2. The lowest BCUT2D eigenvalue weighted by Crippen LogP contribution is -2.31. The maximum absolute atomic E-state index is 11.4. The zero-order chi connectivity index (χ0) is 10.9. The molecule has 1 N–H and O–H groups in total. The van der Waals surface area contributed by atoms with Gasteiger partial charge in [-0.15, -0.1) is 0 Å². The maximum atomic E-state index is 11.4. The Labute approximate surface area is 87.9 Å². The Hall–Kier alpha value is -1.40. The minimum Gasteiger partial charge on any atom is -0.272 e. The predicted octanol–water partition coefficient (Wildman–Crippen LogP) is -0.137. The summed E-state index contributed by atoms with van der Waals surface area (Å²) in [7, 11) is -3.60. The van der Waals surface area contributed by atoms with E-state index >= 15 is 0 Å². The molecule has 80 valence electrons. The number of rotatable bonds is 2. The lowest BCUT2D eigenvalue weighted by Gasteiger charge is -2.13. The summed E-state index contributed by atoms with van der Waals surface area (Å²) >= 11 is 0. The molecule has 1 aliphatic rings. The van der Waals surface area contributed by atoms with Crippen LogP contribution >= 0.6 is 0 Å². The van der Waals surface area contributed by atoms with Crippen LogP contribution in [0.25, 0.3) is 0 Å². The summed E-state index contributed by atoms with van der Waals surface area (Å²) in [5.41, 5.74) is 0.790. The number of hydrogen-bond donors (Lipinski definition) is 1. The number of nitrogens with one attached hydrogen (secondary N) is 1. The van der Waals surface area contributed by atoms with Crippen molar-refractivity contribution in [2.45, 2.75) is 6.54 Å². The highest BCUT2D eigenvalue weighted by Gasteiger charge is 2.34. The van der Waals surface area contributed by atoms with E-state index in [1.165, 1.54) is 0 Å². The van der Waals surface area contributed by atoms with Crippen LogP contribution in [0.15, 0.2) is 30.3 Å². The molecule has 0 radical (unpaired) electrons. The SMILES string of the molecule is O=C1CNS(=O)(=O)N1Cc1ccccc1. The standard InChI is InChI=1S/C9H10N2O3S/c12-9-6-10-15(13,14)11(9)7-8-4-2-1-3-5-8/h1-5,10H,6-7H2. The molecule has 1 aromatic carbocycles. The smallest absolute Gasteiger partial charge is 0.272 e. The second-order valence-corrected chi connectivity index (χ2v) is 4.89. The Morgan fingerprint density at radius 1 is 1.27 bits per heavy atom. The van der Waals surface area contributed by atoms with E-state index in [-0.39, 0.29) is 13.1 Å². The molecule has 5 nitrogen and oxygen atoms in total. The Kier molecular flexibility index (Phi) is 2.45. The fraction of sp³-hybridized carbons (Fsp3) is 0.222. The van der Waals surface area contributed by atoms with Crippen LogP contribution in [0.5, 0.6) is 0 Å². The highest BCUT2D eigenvalue weighted by Crippen LogP contribution is 2.12. The summed E-state index contributed by atoms with van der Waals surface area (Å²) in [6.07, 6.45) is 0. The number of carbonyl (C=O) groups is 1. The van der Waals surface area contributed by atoms with Gasteiger partial charge in [0.1, 0.15) is 0 Å². The second kappa shape index (κ2) is 3.63. The Bertz CT molecular complexity index is 469. The van der Waals surface area contributed by atoms with Gasteiger partial charge in [-0.2, -0.15) is 13.1 Å². The highest BCUT2D eigenvalue weighted by molar-refractivity contribution is 7.88. The van der Waals surface area contributed by atoms with Crippen molar-refractivity contribution in [3.05, 3.63) is 35.9 Å². The van der Waals surface area contributed by atoms with Crippen molar-refractivity contribution < 1.29 is 13.2 Å². The van der Waals surface area contributed by atoms with E-state index in [9.17, 15) is 13.2 Å². The summed E-state index contributed by atoms with van der Waals surface area (Å²) in [4.78, 5) is 11.3. The van der Waals surface area contributed by atoms with Gasteiger partial charge in [0.05, 0.1) is 13.1 Å². The molecule has 0 aliphatic carbocycles. The van der Waals surface area contributed by atoms with Crippen LogP contribution in [0.4, 0.5) is 0 Å². The van der Waals surface area contributed by atoms with Gasteiger partial charge < -0.3 is 0 Å². The first kappa shape index (κ1) is 10.1. The molecule has 0 bridgehead atoms. The number of nitrogens with zero attached hydrogens (tertiary/aromatic N) is 1. The summed E-state index contributed by atoms with van der Waals surface area (Å²) in [5.74, 6) is -0.418. The van der Waals surface area contributed by atoms with Gasteiger partial charge in [0.25, 0.3) is 5.91 Å². The molecule has 0 spiro atoms. The van der Waals surface area contributed by atoms with Gasteiger partial charge in [-0.1, -0.05) is 30.3 Å². The number of benzene rings is 1. The van der Waals surface area contributed by atoms with E-state index in [1.807, 2.05) is 6.07 Å². The monoisotopic (exact) mass is 226 g/mol. The van der Waals surface area contributed by atoms with Crippen LogP contribution in [0, 0.1) is 0 Å². The van der Waals surface area contributed by atoms with Crippen LogP contribution in [0.3, 0.4) is 0 Å². The van der Waals surface area contributed by atoms with Crippen molar-refractivity contribution in [3.63, 3.8) is 0 Å². The van der Waals surface area contributed by atoms with Crippen LogP contribution in [-0.4, -0.2) is 25.2 Å². The van der Waals surface area contributed by atoms with Gasteiger partial charge in [0, 0.05) is 0 Å². The van der Waals surface area contributed by atoms with E-state index in [1.54, 1.807) is 24.3 Å². The van der Waals surface area contributed by atoms with Gasteiger partial charge in [0.2, 0.25) is 0 Å². The summed E-state index contributed by atoms with van der Waals surface area (Å²) in [6, 6.07) is 9.00. The third kappa shape index (κ3) is 2.00. The fourth-order valence-electron chi connectivity index (χ4n) is 1.38. The van der Waals surface area contributed by atoms with Gasteiger partial charge in [-0.3, -0.25) is 4.79 Å². The maximum Gasteiger partial charge on any atom is 0.304 e. The Morgan fingerprint density at radius 3 is 2.47 bits per heavy atom. The molecule has 1 heterocycles. The molecule has 1 aromatic rings. The molecule has 1 saturated heterocycles. The predicted molar refractivity (Wildman–Crippen MR) is 53.9 cm³/mol. The third-order valence-electron chi connectivity index (χ3n) is 2.14. The zero-order valence-electron chi connectivity index (χ0n) is 7.88. The van der Waals surface area contributed by atoms with Crippen molar-refractivity contribution in [3.8, 4) is 0 Å². The quantitative estimate of drug-likeness (QED) is 0.763. The molecule has 1 amide bonds. The summed E-state index contributed by atoms with van der Waals surface area (Å²) in [6.45, 7) is -0.0514. The molecule has 1 fully saturated rings. The van der Waals surface area contributed by atoms with Gasteiger partial charge >= 0.3 is 10.2 Å². The summed E-state index contributed by atoms with van der Waals surface area (Å²) < 4.78 is 25.8. The highest BCUT2D eigenvalue weighted by atomic mass is 32.2. The van der Waals surface area contributed by atoms with Crippen LogP contribution in [0.2, 0.25) is 0 Å². The Morgan fingerprint density at radius 2 is 1.93 bits per heavy atom. The largest absolute Gasteiger partial charge is 0.304 e. The van der Waals surface area contributed by atoms with Crippen molar-refractivity contribution in [2.24, 2.45) is 0 Å². The minimum atomic E-state index is -3.60. The topological polar surface area (TPSA) is 66.5 Å². The van der Waals surface area contributed by atoms with E-state index in [0.717, 1.165) is 9.87 Å². The lowest BCUT2D eigenvalue weighted by molar-refractivity contribution is -0.124. The average Bonchev–Trinajstić information content (AvgIpc) is 2.47. The van der Waals surface area contributed by atoms with E-state index in [0.29, 0.717) is 0 Å². The molecule has 6 heteroatoms. The molecule has 15 heavy (non-hydrogen) atoms. The summed E-state index contributed by atoms with van der Waals surface area (Å²) in [5, 5.41) is 0. The molecule has 0 saturated carbocycles. The Balaban J connectivity index is 2.22. The average molecular weight is 226 g/mol. The normalized spacial score (nSPS) is 19.5. The molecule has 0 atom stereocenters. The fourth-order valence-corrected chi connectivity index (χ4v) is 2.49. The van der Waals surface area contributed by atoms with Crippen LogP contribution in [0.1, 0.15) is 5.56 Å². The first-order chi connectivity index (χ1) is 7.09. The van der Waals surface area contributed by atoms with E-state index in [4.69, 9.17) is 0 Å². The van der Waals surface area contributed by atoms with Gasteiger partial charge in [-0.25, -0.2) is 4.31 Å². The number of hydrogen-bond acceptors (Lipinski definition) is 3. The molecular formula is C9H10N2O3S. The van der Waals surface area contributed by atoms with Gasteiger partial charge in [0.15, 0.2) is 0 Å². The first-order valence-corrected chi connectivity index (χ1v) is 5.88. The molecule has 2 rings (SSSR count). The second-order valence-electron chi connectivity index (χ2n) is 3.21. The first-order valence-electron chi connectivity index (χ1n) is 4.44. The van der Waals surface area contributed by atoms with Crippen molar-refractivity contribution in [1.82, 2.24) is 9.03 Å². The van der Waals surface area contributed by atoms with E-state index < -0.39 is 16.1 Å². The molecule has 0 aromatic heterocycles. The molecular weight excluding hydrogens is 216 g/mol. The van der Waals surface area contributed by atoms with Crippen molar-refractivity contribution >= 4 is 16.1 Å². The minimum absolute atomic E-state index is 0.0923. The molecule has 0 unspecified atom stereocenters. The van der Waals surface area contributed by atoms with Crippen LogP contribution in [-0.2, 0) is 21.5 Å². The molecule has 1 aliphatic heterocycles. The number of amides is 1.